The molecule has 0 spiro atoms. The monoisotopic (exact) mass is 483 g/mol. The van der Waals surface area contributed by atoms with Crippen molar-refractivity contribution in [1.29, 1.82) is 0 Å². The fourth-order valence-electron chi connectivity index (χ4n) is 4.00. The van der Waals surface area contributed by atoms with Crippen LogP contribution in [-0.2, 0) is 22.5 Å². The van der Waals surface area contributed by atoms with Crippen LogP contribution in [0.1, 0.15) is 19.4 Å². The van der Waals surface area contributed by atoms with Crippen LogP contribution in [0, 0.1) is 0 Å². The largest absolute Gasteiger partial charge is 0.379 e. The molecule has 0 atom stereocenters. The minimum absolute atomic E-state index is 0.0257. The summed E-state index contributed by atoms with van der Waals surface area (Å²) in [6.45, 7) is 8.16. The predicted octanol–water partition coefficient (Wildman–Crippen LogP) is 2.75. The lowest BCUT2D eigenvalue weighted by molar-refractivity contribution is -0.122. The number of hydrogen-bond donors (Lipinski definition) is 1. The molecular formula is C25H30ClN5O3. The van der Waals surface area contributed by atoms with Crippen molar-refractivity contribution in [3.8, 4) is 17.2 Å². The summed E-state index contributed by atoms with van der Waals surface area (Å²) in [6, 6.07) is 10.9. The molecule has 34 heavy (non-hydrogen) atoms. The summed E-state index contributed by atoms with van der Waals surface area (Å²) >= 11 is 6.19. The first-order valence-corrected chi connectivity index (χ1v) is 11.9. The van der Waals surface area contributed by atoms with Crippen LogP contribution in [0.5, 0.6) is 0 Å². The standard InChI is InChI=1S/C25H30ClN5O3/c1-18(2)27-23(32)17-30-16-22(28-25(30)20-4-3-5-21(26)15-20)31-9-7-19(14-24(31)33)6-8-29-10-12-34-13-11-29/h3-5,7,9,14-16,18H,6,8,10-13,17H2,1-2H3,(H,27,32). The number of hydrogen-bond acceptors (Lipinski definition) is 5. The van der Waals surface area contributed by atoms with Crippen molar-refractivity contribution in [3.05, 3.63) is 69.7 Å². The lowest BCUT2D eigenvalue weighted by Gasteiger charge is -2.26. The van der Waals surface area contributed by atoms with Crippen molar-refractivity contribution >= 4 is 17.5 Å². The van der Waals surface area contributed by atoms with Gasteiger partial charge in [-0.1, -0.05) is 23.7 Å². The van der Waals surface area contributed by atoms with Crippen molar-refractivity contribution in [3.63, 3.8) is 0 Å². The molecule has 1 aromatic carbocycles. The number of benzene rings is 1. The highest BCUT2D eigenvalue weighted by Gasteiger charge is 2.16. The minimum Gasteiger partial charge on any atom is -0.379 e. The Labute approximate surface area is 204 Å². The van der Waals surface area contributed by atoms with Crippen LogP contribution < -0.4 is 10.9 Å². The van der Waals surface area contributed by atoms with Gasteiger partial charge in [-0.15, -0.1) is 0 Å². The van der Waals surface area contributed by atoms with Crippen LogP contribution in [0.3, 0.4) is 0 Å². The Morgan fingerprint density at radius 2 is 2.00 bits per heavy atom. The van der Waals surface area contributed by atoms with E-state index in [2.05, 4.69) is 10.2 Å². The Kier molecular flexibility index (Phi) is 7.82. The molecule has 1 fully saturated rings. The Morgan fingerprint density at radius 1 is 1.21 bits per heavy atom. The van der Waals surface area contributed by atoms with E-state index < -0.39 is 0 Å². The summed E-state index contributed by atoms with van der Waals surface area (Å²) in [5.41, 5.74) is 1.60. The summed E-state index contributed by atoms with van der Waals surface area (Å²) in [7, 11) is 0. The topological polar surface area (TPSA) is 81.4 Å². The predicted molar refractivity (Wildman–Crippen MR) is 133 cm³/mol. The number of pyridine rings is 1. The zero-order valence-electron chi connectivity index (χ0n) is 19.5. The number of ether oxygens (including phenoxy) is 1. The van der Waals surface area contributed by atoms with Crippen LogP contribution in [0.2, 0.25) is 5.02 Å². The first-order chi connectivity index (χ1) is 16.4. The number of rotatable bonds is 8. The number of aromatic nitrogens is 3. The van der Waals surface area contributed by atoms with E-state index in [0.29, 0.717) is 16.7 Å². The van der Waals surface area contributed by atoms with Gasteiger partial charge in [0, 0.05) is 54.7 Å². The van der Waals surface area contributed by atoms with Gasteiger partial charge in [0.25, 0.3) is 5.56 Å². The summed E-state index contributed by atoms with van der Waals surface area (Å²) in [5.74, 6) is 0.893. The number of nitrogens with one attached hydrogen (secondary N) is 1. The van der Waals surface area contributed by atoms with Crippen LogP contribution in [0.4, 0.5) is 0 Å². The zero-order chi connectivity index (χ0) is 24.1. The van der Waals surface area contributed by atoms with Crippen LogP contribution >= 0.6 is 11.6 Å². The van der Waals surface area contributed by atoms with E-state index >= 15 is 0 Å². The molecule has 0 radical (unpaired) electrons. The molecule has 1 amide bonds. The van der Waals surface area contributed by atoms with E-state index in [1.54, 1.807) is 35.2 Å². The maximum absolute atomic E-state index is 13.0. The molecule has 4 rings (SSSR count). The Hall–Kier alpha value is -2.94. The molecule has 0 unspecified atom stereocenters. The van der Waals surface area contributed by atoms with E-state index in [9.17, 15) is 9.59 Å². The van der Waals surface area contributed by atoms with E-state index in [4.69, 9.17) is 21.3 Å². The van der Waals surface area contributed by atoms with Gasteiger partial charge in [-0.25, -0.2) is 4.98 Å². The fourth-order valence-corrected chi connectivity index (χ4v) is 4.19. The van der Waals surface area contributed by atoms with Gasteiger partial charge in [0.2, 0.25) is 5.91 Å². The normalized spacial score (nSPS) is 14.5. The summed E-state index contributed by atoms with van der Waals surface area (Å²) < 4.78 is 8.64. The average Bonchev–Trinajstić information content (AvgIpc) is 3.21. The molecule has 1 aliphatic rings. The third-order valence-electron chi connectivity index (χ3n) is 5.66. The first kappa shape index (κ1) is 24.2. The zero-order valence-corrected chi connectivity index (χ0v) is 20.3. The van der Waals surface area contributed by atoms with E-state index in [0.717, 1.165) is 50.4 Å². The number of carbonyl (C=O) groups excluding carboxylic acids is 1. The Morgan fingerprint density at radius 3 is 2.71 bits per heavy atom. The molecule has 0 bridgehead atoms. The molecule has 3 heterocycles. The highest BCUT2D eigenvalue weighted by molar-refractivity contribution is 6.30. The fraction of sp³-hybridized carbons (Fsp3) is 0.400. The molecule has 0 aliphatic carbocycles. The maximum atomic E-state index is 13.0. The number of nitrogens with zero attached hydrogens (tertiary/aromatic N) is 4. The van der Waals surface area contributed by atoms with Gasteiger partial charge in [0.15, 0.2) is 5.82 Å². The highest BCUT2D eigenvalue weighted by Crippen LogP contribution is 2.23. The van der Waals surface area contributed by atoms with Crippen LogP contribution in [-0.4, -0.2) is 63.8 Å². The average molecular weight is 484 g/mol. The number of halogens is 1. The van der Waals surface area contributed by atoms with Gasteiger partial charge >= 0.3 is 0 Å². The maximum Gasteiger partial charge on any atom is 0.256 e. The molecule has 1 N–H and O–H groups in total. The van der Waals surface area contributed by atoms with Gasteiger partial charge in [-0.05, 0) is 44.0 Å². The number of carbonyl (C=O) groups is 1. The van der Waals surface area contributed by atoms with Crippen LogP contribution in [0.15, 0.2) is 53.6 Å². The SMILES string of the molecule is CC(C)NC(=O)Cn1cc(-n2ccc(CCN3CCOCC3)cc2=O)nc1-c1cccc(Cl)c1. The third-order valence-corrected chi connectivity index (χ3v) is 5.90. The molecule has 1 saturated heterocycles. The second-order valence-corrected chi connectivity index (χ2v) is 9.17. The van der Waals surface area contributed by atoms with Gasteiger partial charge in [0.05, 0.1) is 13.2 Å². The van der Waals surface area contributed by atoms with Crippen LogP contribution in [0.25, 0.3) is 17.2 Å². The van der Waals surface area contributed by atoms with Gasteiger partial charge in [0.1, 0.15) is 12.4 Å². The molecule has 1 aliphatic heterocycles. The summed E-state index contributed by atoms with van der Waals surface area (Å²) in [6.07, 6.45) is 4.28. The molecule has 3 aromatic rings. The second kappa shape index (κ2) is 11.0. The summed E-state index contributed by atoms with van der Waals surface area (Å²) in [4.78, 5) is 32.5. The first-order valence-electron chi connectivity index (χ1n) is 11.5. The van der Waals surface area contributed by atoms with Gasteiger partial charge in [-0.3, -0.25) is 19.1 Å². The summed E-state index contributed by atoms with van der Waals surface area (Å²) in [5, 5.41) is 3.47. The number of amides is 1. The molecule has 8 nitrogen and oxygen atoms in total. The van der Waals surface area contributed by atoms with Crippen molar-refractivity contribution in [2.45, 2.75) is 32.9 Å². The second-order valence-electron chi connectivity index (χ2n) is 8.73. The molecule has 2 aromatic heterocycles. The Bertz CT molecular complexity index is 1200. The van der Waals surface area contributed by atoms with Crippen molar-refractivity contribution in [2.75, 3.05) is 32.8 Å². The smallest absolute Gasteiger partial charge is 0.256 e. The van der Waals surface area contributed by atoms with Gasteiger partial charge in [-0.2, -0.15) is 0 Å². The van der Waals surface area contributed by atoms with Crippen molar-refractivity contribution in [2.24, 2.45) is 0 Å². The number of morpholine rings is 1. The quantitative estimate of drug-likeness (QED) is 0.533. The Balaban J connectivity index is 1.59. The van der Waals surface area contributed by atoms with Crippen molar-refractivity contribution in [1.82, 2.24) is 24.3 Å². The van der Waals surface area contributed by atoms with E-state index in [1.165, 1.54) is 4.57 Å². The van der Waals surface area contributed by atoms with Gasteiger partial charge < -0.3 is 14.6 Å². The lowest BCUT2D eigenvalue weighted by atomic mass is 10.2. The molecule has 0 saturated carbocycles. The lowest BCUT2D eigenvalue weighted by Crippen LogP contribution is -2.37. The number of imidazole rings is 1. The van der Waals surface area contributed by atoms with Crippen molar-refractivity contribution < 1.29 is 9.53 Å². The molecular weight excluding hydrogens is 454 g/mol. The molecule has 180 valence electrons. The minimum atomic E-state index is -0.159. The van der Waals surface area contributed by atoms with E-state index in [1.807, 2.05) is 32.0 Å². The third kappa shape index (κ3) is 6.14. The van der Waals surface area contributed by atoms with E-state index in [-0.39, 0.29) is 24.1 Å². The molecule has 9 heteroatoms. The highest BCUT2D eigenvalue weighted by atomic mass is 35.5.